The Bertz CT molecular complexity index is 727. The number of piperazine rings is 1. The zero-order chi connectivity index (χ0) is 19.5. The third kappa shape index (κ3) is 4.23. The summed E-state index contributed by atoms with van der Waals surface area (Å²) in [5.74, 6) is 1.55. The van der Waals surface area contributed by atoms with Crippen molar-refractivity contribution in [2.45, 2.75) is 25.8 Å². The molecule has 3 aliphatic heterocycles. The molecule has 0 radical (unpaired) electrons. The Morgan fingerprint density at radius 2 is 1.75 bits per heavy atom. The van der Waals surface area contributed by atoms with Crippen LogP contribution >= 0.6 is 0 Å². The van der Waals surface area contributed by atoms with Gasteiger partial charge >= 0.3 is 0 Å². The highest BCUT2D eigenvalue weighted by molar-refractivity contribution is 5.94. The van der Waals surface area contributed by atoms with Crippen LogP contribution in [0.15, 0.2) is 18.2 Å². The number of amides is 2. The van der Waals surface area contributed by atoms with E-state index in [1.165, 1.54) is 0 Å². The average Bonchev–Trinajstić information content (AvgIpc) is 3.39. The van der Waals surface area contributed by atoms with Gasteiger partial charge in [0.25, 0.3) is 0 Å². The zero-order valence-corrected chi connectivity index (χ0v) is 16.4. The lowest BCUT2D eigenvalue weighted by Crippen LogP contribution is -2.54. The van der Waals surface area contributed by atoms with E-state index >= 15 is 0 Å². The maximum absolute atomic E-state index is 12.6. The summed E-state index contributed by atoms with van der Waals surface area (Å²) >= 11 is 0. The van der Waals surface area contributed by atoms with Crippen molar-refractivity contribution in [2.75, 3.05) is 57.9 Å². The van der Waals surface area contributed by atoms with E-state index in [0.29, 0.717) is 23.7 Å². The molecule has 0 aliphatic carbocycles. The lowest BCUT2D eigenvalue weighted by molar-refractivity contribution is -0.132. The fraction of sp³-hybridized carbons (Fsp3) is 0.600. The van der Waals surface area contributed by atoms with Gasteiger partial charge in [-0.2, -0.15) is 0 Å². The van der Waals surface area contributed by atoms with Crippen molar-refractivity contribution in [1.82, 2.24) is 14.7 Å². The Morgan fingerprint density at radius 1 is 1.04 bits per heavy atom. The van der Waals surface area contributed by atoms with E-state index in [4.69, 9.17) is 9.47 Å². The van der Waals surface area contributed by atoms with Crippen LogP contribution in [0.3, 0.4) is 0 Å². The third-order valence-electron chi connectivity index (χ3n) is 5.79. The summed E-state index contributed by atoms with van der Waals surface area (Å²) in [7, 11) is 0. The SMILES string of the molecule is C[C@H](C(=O)Nc1ccc2c(c1)OCO2)N1CCN(CC(=O)N2CCCC2)CC1. The number of likely N-dealkylation sites (tertiary alicyclic amines) is 1. The van der Waals surface area contributed by atoms with Crippen molar-refractivity contribution in [3.05, 3.63) is 18.2 Å². The molecule has 2 saturated heterocycles. The van der Waals surface area contributed by atoms with E-state index in [9.17, 15) is 9.59 Å². The fourth-order valence-corrected chi connectivity index (χ4v) is 3.95. The summed E-state index contributed by atoms with van der Waals surface area (Å²) in [6.45, 7) is 7.60. The van der Waals surface area contributed by atoms with Gasteiger partial charge in [-0.15, -0.1) is 0 Å². The minimum Gasteiger partial charge on any atom is -0.454 e. The predicted octanol–water partition coefficient (Wildman–Crippen LogP) is 0.982. The van der Waals surface area contributed by atoms with Crippen molar-refractivity contribution in [3.8, 4) is 11.5 Å². The van der Waals surface area contributed by atoms with Crippen LogP contribution in [0.2, 0.25) is 0 Å². The predicted molar refractivity (Wildman–Crippen MR) is 104 cm³/mol. The standard InChI is InChI=1S/C20H28N4O4/c1-15(20(26)21-16-4-5-17-18(12-16)28-14-27-17)23-10-8-22(9-11-23)13-19(25)24-6-2-3-7-24/h4-5,12,15H,2-3,6-11,13-14H2,1H3,(H,21,26)/t15-/m1/s1. The molecule has 28 heavy (non-hydrogen) atoms. The number of carbonyl (C=O) groups excluding carboxylic acids is 2. The van der Waals surface area contributed by atoms with Crippen LogP contribution in [0, 0.1) is 0 Å². The molecule has 0 saturated carbocycles. The summed E-state index contributed by atoms with van der Waals surface area (Å²) in [5.41, 5.74) is 0.705. The summed E-state index contributed by atoms with van der Waals surface area (Å²) in [6.07, 6.45) is 2.24. The van der Waals surface area contributed by atoms with E-state index in [2.05, 4.69) is 15.1 Å². The van der Waals surface area contributed by atoms with E-state index in [0.717, 1.165) is 52.1 Å². The molecule has 8 heteroatoms. The number of anilines is 1. The normalized spacial score (nSPS) is 21.0. The molecule has 152 valence electrons. The van der Waals surface area contributed by atoms with E-state index < -0.39 is 0 Å². The first-order valence-electron chi connectivity index (χ1n) is 10.0. The van der Waals surface area contributed by atoms with Crippen molar-refractivity contribution in [2.24, 2.45) is 0 Å². The van der Waals surface area contributed by atoms with Gasteiger partial charge in [-0.25, -0.2) is 0 Å². The van der Waals surface area contributed by atoms with Gasteiger partial charge < -0.3 is 19.7 Å². The number of fused-ring (bicyclic) bond motifs is 1. The molecule has 1 aromatic rings. The Balaban J connectivity index is 1.24. The Labute approximate surface area is 165 Å². The summed E-state index contributed by atoms with van der Waals surface area (Å²) in [6, 6.07) is 5.18. The first-order chi connectivity index (χ1) is 13.6. The molecule has 1 N–H and O–H groups in total. The number of nitrogens with zero attached hydrogens (tertiary/aromatic N) is 3. The van der Waals surface area contributed by atoms with E-state index in [1.807, 2.05) is 17.9 Å². The quantitative estimate of drug-likeness (QED) is 0.811. The van der Waals surface area contributed by atoms with Gasteiger partial charge in [0.05, 0.1) is 12.6 Å². The molecular weight excluding hydrogens is 360 g/mol. The van der Waals surface area contributed by atoms with Gasteiger partial charge in [-0.3, -0.25) is 19.4 Å². The molecular formula is C20H28N4O4. The minimum absolute atomic E-state index is 0.0412. The number of carbonyl (C=O) groups is 2. The molecule has 3 aliphatic rings. The second-order valence-electron chi connectivity index (χ2n) is 7.63. The zero-order valence-electron chi connectivity index (χ0n) is 16.4. The van der Waals surface area contributed by atoms with Gasteiger partial charge in [0.2, 0.25) is 18.6 Å². The van der Waals surface area contributed by atoms with Crippen LogP contribution in [-0.2, 0) is 9.59 Å². The first kappa shape index (κ1) is 19.0. The number of hydrogen-bond donors (Lipinski definition) is 1. The van der Waals surface area contributed by atoms with Crippen LogP contribution < -0.4 is 14.8 Å². The largest absolute Gasteiger partial charge is 0.454 e. The molecule has 2 amide bonds. The van der Waals surface area contributed by atoms with Crippen molar-refractivity contribution >= 4 is 17.5 Å². The smallest absolute Gasteiger partial charge is 0.241 e. The summed E-state index contributed by atoms with van der Waals surface area (Å²) < 4.78 is 10.7. The third-order valence-corrected chi connectivity index (χ3v) is 5.79. The van der Waals surface area contributed by atoms with Gasteiger partial charge in [0.1, 0.15) is 0 Å². The van der Waals surface area contributed by atoms with Crippen molar-refractivity contribution in [1.29, 1.82) is 0 Å². The van der Waals surface area contributed by atoms with E-state index in [-0.39, 0.29) is 24.6 Å². The maximum Gasteiger partial charge on any atom is 0.241 e. The molecule has 0 spiro atoms. The topological polar surface area (TPSA) is 74.4 Å². The summed E-state index contributed by atoms with van der Waals surface area (Å²) in [5, 5.41) is 2.96. The van der Waals surface area contributed by atoms with Crippen LogP contribution in [-0.4, -0.2) is 85.2 Å². The lowest BCUT2D eigenvalue weighted by Gasteiger charge is -2.37. The highest BCUT2D eigenvalue weighted by atomic mass is 16.7. The highest BCUT2D eigenvalue weighted by Gasteiger charge is 2.28. The number of rotatable bonds is 5. The molecule has 2 fully saturated rings. The first-order valence-corrected chi connectivity index (χ1v) is 10.0. The number of benzene rings is 1. The van der Waals surface area contributed by atoms with Crippen molar-refractivity contribution in [3.63, 3.8) is 0 Å². The average molecular weight is 388 g/mol. The van der Waals surface area contributed by atoms with Crippen LogP contribution in [0.25, 0.3) is 0 Å². The second kappa shape index (κ2) is 8.36. The molecule has 0 aromatic heterocycles. The maximum atomic E-state index is 12.6. The van der Waals surface area contributed by atoms with E-state index in [1.54, 1.807) is 12.1 Å². The monoisotopic (exact) mass is 388 g/mol. The summed E-state index contributed by atoms with van der Waals surface area (Å²) in [4.78, 5) is 31.3. The minimum atomic E-state index is -0.234. The van der Waals surface area contributed by atoms with Crippen LogP contribution in [0.5, 0.6) is 11.5 Å². The van der Waals surface area contributed by atoms with Crippen LogP contribution in [0.1, 0.15) is 19.8 Å². The fourth-order valence-electron chi connectivity index (χ4n) is 3.95. The number of nitrogens with one attached hydrogen (secondary N) is 1. The van der Waals surface area contributed by atoms with Crippen LogP contribution in [0.4, 0.5) is 5.69 Å². The molecule has 8 nitrogen and oxygen atoms in total. The van der Waals surface area contributed by atoms with Crippen molar-refractivity contribution < 1.29 is 19.1 Å². The Morgan fingerprint density at radius 3 is 2.50 bits per heavy atom. The Kier molecular flexibility index (Phi) is 5.68. The lowest BCUT2D eigenvalue weighted by atomic mass is 10.2. The second-order valence-corrected chi connectivity index (χ2v) is 7.63. The molecule has 1 aromatic carbocycles. The number of hydrogen-bond acceptors (Lipinski definition) is 6. The highest BCUT2D eigenvalue weighted by Crippen LogP contribution is 2.34. The molecule has 0 bridgehead atoms. The molecule has 0 unspecified atom stereocenters. The molecule has 3 heterocycles. The van der Waals surface area contributed by atoms with Gasteiger partial charge in [-0.05, 0) is 31.9 Å². The molecule has 4 rings (SSSR count). The number of ether oxygens (including phenoxy) is 2. The van der Waals surface area contributed by atoms with Gasteiger partial charge in [-0.1, -0.05) is 0 Å². The Hall–Kier alpha value is -2.32. The molecule has 1 atom stereocenters. The van der Waals surface area contributed by atoms with Gasteiger partial charge in [0.15, 0.2) is 11.5 Å². The van der Waals surface area contributed by atoms with Gasteiger partial charge in [0, 0.05) is 51.0 Å².